The smallest absolute Gasteiger partial charge is 0.382 e. The Balaban J connectivity index is 0. The van der Waals surface area contributed by atoms with Crippen molar-refractivity contribution in [2.75, 3.05) is 27.4 Å². The van der Waals surface area contributed by atoms with E-state index in [1.165, 1.54) is 0 Å². The van der Waals surface area contributed by atoms with Crippen molar-refractivity contribution in [3.8, 4) is 0 Å². The molecule has 0 unspecified atom stereocenters. The first kappa shape index (κ1) is 10.4. The van der Waals surface area contributed by atoms with Gasteiger partial charge in [-0.05, 0) is 0 Å². The molecule has 0 rings (SSSR count). The maximum absolute atomic E-state index is 4.66. The van der Waals surface area contributed by atoms with Gasteiger partial charge in [-0.1, -0.05) is 0 Å². The summed E-state index contributed by atoms with van der Waals surface area (Å²) in [6, 6.07) is 0. The Kier molecular flexibility index (Phi) is 14.3. The second-order valence-electron chi connectivity index (χ2n) is 0.986. The van der Waals surface area contributed by atoms with E-state index in [0.29, 0.717) is 13.2 Å². The Bertz CT molecular complexity index is 21.7. The molecule has 0 amide bonds. The summed E-state index contributed by atoms with van der Waals surface area (Å²) < 4.78 is 9.31. The summed E-state index contributed by atoms with van der Waals surface area (Å²) in [6.07, 6.45) is 0. The van der Waals surface area contributed by atoms with Crippen LogP contribution in [0.2, 0.25) is 0 Å². The minimum Gasteiger partial charge on any atom is -0.382 e. The fourth-order valence-electron chi connectivity index (χ4n) is 0.167. The van der Waals surface area contributed by atoms with Gasteiger partial charge in [0.05, 0.1) is 13.2 Å². The molecule has 0 fully saturated rings. The number of methoxy groups -OCH3 is 2. The molecule has 0 aliphatic heterocycles. The quantitative estimate of drug-likeness (QED) is 0.423. The van der Waals surface area contributed by atoms with Crippen LogP contribution in [-0.4, -0.2) is 27.4 Å². The molecule has 0 saturated carbocycles. The fraction of sp³-hybridized carbons (Fsp3) is 1.00. The molecule has 0 radical (unpaired) electrons. The van der Waals surface area contributed by atoms with Gasteiger partial charge in [0, 0.05) is 14.2 Å². The molecule has 0 aromatic rings. The summed E-state index contributed by atoms with van der Waals surface area (Å²) in [6.45, 7) is 1.38. The molecule has 0 aliphatic rings. The van der Waals surface area contributed by atoms with Crippen molar-refractivity contribution >= 4 is 0 Å². The Morgan fingerprint density at radius 3 is 1.43 bits per heavy atom. The Morgan fingerprint density at radius 2 is 1.29 bits per heavy atom. The normalized spacial score (nSPS) is 7.71. The van der Waals surface area contributed by atoms with Crippen LogP contribution in [0.25, 0.3) is 0 Å². The van der Waals surface area contributed by atoms with Crippen LogP contribution in [0.5, 0.6) is 0 Å². The van der Waals surface area contributed by atoms with Crippen LogP contribution in [0.15, 0.2) is 0 Å². The maximum Gasteiger partial charge on any atom is 2.00 e. The van der Waals surface area contributed by atoms with Gasteiger partial charge in [0.2, 0.25) is 0 Å². The SMILES string of the molecule is COCCOC.[Ni+2]. The van der Waals surface area contributed by atoms with Gasteiger partial charge < -0.3 is 9.47 Å². The molecule has 2 nitrogen and oxygen atoms in total. The third-order valence-corrected chi connectivity index (χ3v) is 0.492. The second kappa shape index (κ2) is 9.65. The van der Waals surface area contributed by atoms with E-state index >= 15 is 0 Å². The van der Waals surface area contributed by atoms with E-state index in [0.717, 1.165) is 0 Å². The van der Waals surface area contributed by atoms with E-state index in [-0.39, 0.29) is 16.5 Å². The summed E-state index contributed by atoms with van der Waals surface area (Å²) in [7, 11) is 3.30. The molecule has 0 atom stereocenters. The van der Waals surface area contributed by atoms with Crippen LogP contribution in [-0.2, 0) is 26.0 Å². The van der Waals surface area contributed by atoms with Crippen molar-refractivity contribution in [2.24, 2.45) is 0 Å². The second-order valence-corrected chi connectivity index (χ2v) is 0.986. The minimum atomic E-state index is 0. The molecule has 0 heterocycles. The van der Waals surface area contributed by atoms with Gasteiger partial charge in [0.1, 0.15) is 0 Å². The monoisotopic (exact) mass is 148 g/mol. The van der Waals surface area contributed by atoms with Crippen molar-refractivity contribution < 1.29 is 26.0 Å². The molecular formula is C4H10NiO2+2. The van der Waals surface area contributed by atoms with Crippen LogP contribution in [0, 0.1) is 0 Å². The molecule has 0 bridgehead atoms. The van der Waals surface area contributed by atoms with Crippen molar-refractivity contribution in [1.82, 2.24) is 0 Å². The van der Waals surface area contributed by atoms with Gasteiger partial charge >= 0.3 is 16.5 Å². The first-order valence-corrected chi connectivity index (χ1v) is 1.89. The summed E-state index contributed by atoms with van der Waals surface area (Å²) in [5.41, 5.74) is 0. The topological polar surface area (TPSA) is 18.5 Å². The van der Waals surface area contributed by atoms with Crippen molar-refractivity contribution in [1.29, 1.82) is 0 Å². The summed E-state index contributed by atoms with van der Waals surface area (Å²) in [5, 5.41) is 0. The average molecular weight is 149 g/mol. The van der Waals surface area contributed by atoms with Gasteiger partial charge in [-0.2, -0.15) is 0 Å². The number of ether oxygens (including phenoxy) is 2. The van der Waals surface area contributed by atoms with Crippen LogP contribution in [0.4, 0.5) is 0 Å². The van der Waals surface area contributed by atoms with E-state index < -0.39 is 0 Å². The van der Waals surface area contributed by atoms with E-state index in [2.05, 4.69) is 9.47 Å². The minimum absolute atomic E-state index is 0. The van der Waals surface area contributed by atoms with Gasteiger partial charge in [-0.3, -0.25) is 0 Å². The molecule has 7 heavy (non-hydrogen) atoms. The largest absolute Gasteiger partial charge is 2.00 e. The van der Waals surface area contributed by atoms with E-state index in [4.69, 9.17) is 0 Å². The molecular weight excluding hydrogens is 139 g/mol. The van der Waals surface area contributed by atoms with Crippen LogP contribution in [0.1, 0.15) is 0 Å². The third kappa shape index (κ3) is 10.7. The van der Waals surface area contributed by atoms with Crippen LogP contribution >= 0.6 is 0 Å². The fourth-order valence-corrected chi connectivity index (χ4v) is 0.167. The number of hydrogen-bond donors (Lipinski definition) is 0. The summed E-state index contributed by atoms with van der Waals surface area (Å²) >= 11 is 0. The zero-order valence-electron chi connectivity index (χ0n) is 4.55. The molecule has 0 aliphatic carbocycles. The maximum atomic E-state index is 4.66. The van der Waals surface area contributed by atoms with Crippen LogP contribution in [0.3, 0.4) is 0 Å². The Hall–Kier alpha value is 0.414. The zero-order valence-corrected chi connectivity index (χ0v) is 5.53. The van der Waals surface area contributed by atoms with E-state index in [1.807, 2.05) is 0 Å². The van der Waals surface area contributed by atoms with Gasteiger partial charge in [0.25, 0.3) is 0 Å². The van der Waals surface area contributed by atoms with E-state index in [9.17, 15) is 0 Å². The Morgan fingerprint density at radius 1 is 1.00 bits per heavy atom. The van der Waals surface area contributed by atoms with Gasteiger partial charge in [0.15, 0.2) is 0 Å². The molecule has 0 saturated heterocycles. The zero-order chi connectivity index (χ0) is 4.83. The van der Waals surface area contributed by atoms with Gasteiger partial charge in [-0.15, -0.1) is 0 Å². The number of hydrogen-bond acceptors (Lipinski definition) is 2. The molecule has 0 aromatic heterocycles. The predicted octanol–water partition coefficient (Wildman–Crippen LogP) is 0.277. The molecule has 3 heteroatoms. The predicted molar refractivity (Wildman–Crippen MR) is 23.8 cm³/mol. The molecule has 0 aromatic carbocycles. The van der Waals surface area contributed by atoms with Gasteiger partial charge in [-0.25, -0.2) is 0 Å². The van der Waals surface area contributed by atoms with Crippen LogP contribution < -0.4 is 0 Å². The standard InChI is InChI=1S/C4H10O2.Ni/c1-5-3-4-6-2;/h3-4H2,1-2H3;/q;+2. The first-order chi connectivity index (χ1) is 2.91. The molecule has 46 valence electrons. The number of rotatable bonds is 3. The average Bonchev–Trinajstić information content (AvgIpc) is 1.61. The Labute approximate surface area is 54.1 Å². The van der Waals surface area contributed by atoms with Crippen molar-refractivity contribution in [3.63, 3.8) is 0 Å². The van der Waals surface area contributed by atoms with Crippen molar-refractivity contribution in [3.05, 3.63) is 0 Å². The molecule has 0 spiro atoms. The van der Waals surface area contributed by atoms with Crippen molar-refractivity contribution in [2.45, 2.75) is 0 Å². The first-order valence-electron chi connectivity index (χ1n) is 1.89. The third-order valence-electron chi connectivity index (χ3n) is 0.492. The summed E-state index contributed by atoms with van der Waals surface area (Å²) in [4.78, 5) is 0. The summed E-state index contributed by atoms with van der Waals surface area (Å²) in [5.74, 6) is 0. The molecule has 0 N–H and O–H groups in total. The van der Waals surface area contributed by atoms with E-state index in [1.54, 1.807) is 14.2 Å².